The van der Waals surface area contributed by atoms with Gasteiger partial charge in [0.2, 0.25) is 5.82 Å². The largest absolute Gasteiger partial charge is 0.360 e. The molecule has 0 amide bonds. The van der Waals surface area contributed by atoms with Crippen molar-refractivity contribution in [3.63, 3.8) is 0 Å². The van der Waals surface area contributed by atoms with Crippen LogP contribution in [0.15, 0.2) is 24.3 Å². The topological polar surface area (TPSA) is 73.0 Å². The Labute approximate surface area is 121 Å². The van der Waals surface area contributed by atoms with E-state index in [1.807, 2.05) is 6.92 Å². The molecule has 7 heteroatoms. The Kier molecular flexibility index (Phi) is 4.52. The van der Waals surface area contributed by atoms with Gasteiger partial charge in [-0.25, -0.2) is 9.07 Å². The van der Waals surface area contributed by atoms with E-state index in [0.717, 1.165) is 12.0 Å². The number of halogens is 1. The first-order valence-corrected chi connectivity index (χ1v) is 6.73. The highest BCUT2D eigenvalue weighted by Crippen LogP contribution is 2.28. The maximum Gasteiger partial charge on any atom is 0.333 e. The van der Waals surface area contributed by atoms with Crippen LogP contribution in [0.25, 0.3) is 0 Å². The molecule has 0 spiro atoms. The van der Waals surface area contributed by atoms with Crippen LogP contribution < -0.4 is 5.32 Å². The first-order valence-electron chi connectivity index (χ1n) is 6.73. The fourth-order valence-corrected chi connectivity index (χ4v) is 2.13. The summed E-state index contributed by atoms with van der Waals surface area (Å²) >= 11 is 0. The second-order valence-corrected chi connectivity index (χ2v) is 4.74. The van der Waals surface area contributed by atoms with E-state index in [0.29, 0.717) is 24.6 Å². The summed E-state index contributed by atoms with van der Waals surface area (Å²) in [5, 5.41) is 18.4. The molecule has 1 aromatic heterocycles. The van der Waals surface area contributed by atoms with Crippen LogP contribution in [-0.4, -0.2) is 14.7 Å². The van der Waals surface area contributed by atoms with E-state index in [-0.39, 0.29) is 11.5 Å². The Morgan fingerprint density at radius 3 is 2.62 bits per heavy atom. The molecular weight excluding hydrogens is 275 g/mol. The average molecular weight is 292 g/mol. The van der Waals surface area contributed by atoms with Gasteiger partial charge in [-0.3, -0.25) is 10.1 Å². The van der Waals surface area contributed by atoms with Crippen molar-refractivity contribution < 1.29 is 9.31 Å². The fourth-order valence-electron chi connectivity index (χ4n) is 2.13. The lowest BCUT2D eigenvalue weighted by molar-refractivity contribution is -0.384. The molecule has 21 heavy (non-hydrogen) atoms. The third-order valence-corrected chi connectivity index (χ3v) is 3.09. The summed E-state index contributed by atoms with van der Waals surface area (Å²) in [5.74, 6) is 0.0836. The van der Waals surface area contributed by atoms with Crippen molar-refractivity contribution in [2.45, 2.75) is 33.4 Å². The Morgan fingerprint density at radius 1 is 1.38 bits per heavy atom. The monoisotopic (exact) mass is 292 g/mol. The third kappa shape index (κ3) is 3.36. The van der Waals surface area contributed by atoms with E-state index in [2.05, 4.69) is 10.4 Å². The Balaban J connectivity index is 2.24. The summed E-state index contributed by atoms with van der Waals surface area (Å²) in [6, 6.07) is 6.00. The van der Waals surface area contributed by atoms with Crippen molar-refractivity contribution in [1.82, 2.24) is 9.78 Å². The molecule has 0 aliphatic carbocycles. The lowest BCUT2D eigenvalue weighted by atomic mass is 10.2. The minimum absolute atomic E-state index is 0.00874. The van der Waals surface area contributed by atoms with Crippen LogP contribution in [0.1, 0.15) is 24.6 Å². The molecule has 0 saturated carbocycles. The first-order chi connectivity index (χ1) is 10.0. The van der Waals surface area contributed by atoms with Crippen molar-refractivity contribution in [3.05, 3.63) is 51.5 Å². The zero-order valence-electron chi connectivity index (χ0n) is 12.0. The number of benzene rings is 1. The maximum atomic E-state index is 12.9. The number of rotatable bonds is 6. The molecule has 0 fully saturated rings. The van der Waals surface area contributed by atoms with Crippen molar-refractivity contribution in [1.29, 1.82) is 0 Å². The smallest absolute Gasteiger partial charge is 0.333 e. The summed E-state index contributed by atoms with van der Waals surface area (Å²) in [6.07, 6.45) is 0.823. The van der Waals surface area contributed by atoms with Gasteiger partial charge < -0.3 is 5.32 Å². The number of nitro groups is 1. The number of aromatic nitrogens is 2. The molecule has 6 nitrogen and oxygen atoms in total. The summed E-state index contributed by atoms with van der Waals surface area (Å²) in [6.45, 7) is 4.57. The van der Waals surface area contributed by atoms with E-state index < -0.39 is 4.92 Å². The minimum atomic E-state index is -0.429. The van der Waals surface area contributed by atoms with E-state index in [9.17, 15) is 14.5 Å². The van der Waals surface area contributed by atoms with Gasteiger partial charge in [-0.15, -0.1) is 0 Å². The molecule has 1 aromatic carbocycles. The van der Waals surface area contributed by atoms with Crippen LogP contribution in [0.5, 0.6) is 0 Å². The predicted molar refractivity (Wildman–Crippen MR) is 77.6 cm³/mol. The van der Waals surface area contributed by atoms with Gasteiger partial charge in [-0.05, 0) is 31.0 Å². The highest BCUT2D eigenvalue weighted by molar-refractivity contribution is 5.59. The van der Waals surface area contributed by atoms with Crippen molar-refractivity contribution in [2.75, 3.05) is 5.32 Å². The van der Waals surface area contributed by atoms with Gasteiger partial charge in [0.05, 0.1) is 4.92 Å². The molecule has 0 bridgehead atoms. The Hall–Kier alpha value is -2.44. The van der Waals surface area contributed by atoms with E-state index in [1.165, 1.54) is 12.1 Å². The number of nitrogens with zero attached hydrogens (tertiary/aromatic N) is 3. The van der Waals surface area contributed by atoms with E-state index >= 15 is 0 Å². The zero-order chi connectivity index (χ0) is 15.4. The number of hydrogen-bond donors (Lipinski definition) is 1. The van der Waals surface area contributed by atoms with Gasteiger partial charge in [0, 0.05) is 13.1 Å². The lowest BCUT2D eigenvalue weighted by Crippen LogP contribution is -2.09. The van der Waals surface area contributed by atoms with E-state index in [1.54, 1.807) is 23.7 Å². The fraction of sp³-hybridized carbons (Fsp3) is 0.357. The maximum absolute atomic E-state index is 12.9. The standard InChI is InChI=1S/C14H17FN4O2/c1-3-8-18-14(13(19(20)21)10(2)17-18)16-9-11-4-6-12(15)7-5-11/h4-7,16H,3,8-9H2,1-2H3. The van der Waals surface area contributed by atoms with Crippen LogP contribution in [0.2, 0.25) is 0 Å². The molecular formula is C14H17FN4O2. The Bertz CT molecular complexity index is 637. The number of nitrogens with one attached hydrogen (secondary N) is 1. The molecule has 2 rings (SSSR count). The van der Waals surface area contributed by atoms with Crippen molar-refractivity contribution in [2.24, 2.45) is 0 Å². The van der Waals surface area contributed by atoms with Crippen LogP contribution >= 0.6 is 0 Å². The zero-order valence-corrected chi connectivity index (χ0v) is 12.0. The molecule has 1 heterocycles. The molecule has 0 atom stereocenters. The predicted octanol–water partition coefficient (Wildman–Crippen LogP) is 3.26. The van der Waals surface area contributed by atoms with Gasteiger partial charge in [0.15, 0.2) is 0 Å². The Morgan fingerprint density at radius 2 is 2.05 bits per heavy atom. The molecule has 0 aliphatic rings. The summed E-state index contributed by atoms with van der Waals surface area (Å²) < 4.78 is 14.5. The number of hydrogen-bond acceptors (Lipinski definition) is 4. The van der Waals surface area contributed by atoms with Crippen LogP contribution in [0, 0.1) is 22.9 Å². The first kappa shape index (κ1) is 15.0. The highest BCUT2D eigenvalue weighted by atomic mass is 19.1. The number of anilines is 1. The quantitative estimate of drug-likeness (QED) is 0.655. The molecule has 1 N–H and O–H groups in total. The second-order valence-electron chi connectivity index (χ2n) is 4.74. The van der Waals surface area contributed by atoms with Gasteiger partial charge in [0.1, 0.15) is 11.5 Å². The molecule has 2 aromatic rings. The second kappa shape index (κ2) is 6.34. The average Bonchev–Trinajstić information content (AvgIpc) is 2.74. The molecule has 0 saturated heterocycles. The molecule has 0 radical (unpaired) electrons. The van der Waals surface area contributed by atoms with E-state index in [4.69, 9.17) is 0 Å². The minimum Gasteiger partial charge on any atom is -0.360 e. The molecule has 0 unspecified atom stereocenters. The summed E-state index contributed by atoms with van der Waals surface area (Å²) in [7, 11) is 0. The summed E-state index contributed by atoms with van der Waals surface area (Å²) in [4.78, 5) is 10.7. The van der Waals surface area contributed by atoms with Crippen molar-refractivity contribution in [3.8, 4) is 0 Å². The van der Waals surface area contributed by atoms with Gasteiger partial charge in [0.25, 0.3) is 0 Å². The van der Waals surface area contributed by atoms with Gasteiger partial charge >= 0.3 is 5.69 Å². The summed E-state index contributed by atoms with van der Waals surface area (Å²) in [5.41, 5.74) is 1.22. The molecule has 0 aliphatic heterocycles. The van der Waals surface area contributed by atoms with Gasteiger partial charge in [-0.1, -0.05) is 19.1 Å². The van der Waals surface area contributed by atoms with Crippen LogP contribution in [0.4, 0.5) is 15.9 Å². The van der Waals surface area contributed by atoms with Crippen LogP contribution in [-0.2, 0) is 13.1 Å². The number of aryl methyl sites for hydroxylation is 2. The third-order valence-electron chi connectivity index (χ3n) is 3.09. The normalized spacial score (nSPS) is 10.6. The lowest BCUT2D eigenvalue weighted by Gasteiger charge is -2.08. The van der Waals surface area contributed by atoms with Crippen molar-refractivity contribution >= 4 is 11.5 Å². The highest BCUT2D eigenvalue weighted by Gasteiger charge is 2.24. The van der Waals surface area contributed by atoms with Crippen LogP contribution in [0.3, 0.4) is 0 Å². The SMILES string of the molecule is CCCn1nc(C)c([N+](=O)[O-])c1NCc1ccc(F)cc1. The molecule has 112 valence electrons. The van der Waals surface area contributed by atoms with Gasteiger partial charge in [-0.2, -0.15) is 5.10 Å².